The molecule has 2 N–H and O–H groups in total. The van der Waals surface area contributed by atoms with Gasteiger partial charge < -0.3 is 10.3 Å². The summed E-state index contributed by atoms with van der Waals surface area (Å²) in [4.78, 5) is 7.34. The highest BCUT2D eigenvalue weighted by Gasteiger charge is 2.16. The summed E-state index contributed by atoms with van der Waals surface area (Å²) in [6.07, 6.45) is 5.45. The van der Waals surface area contributed by atoms with Crippen LogP contribution in [-0.4, -0.2) is 23.1 Å². The van der Waals surface area contributed by atoms with Crippen molar-refractivity contribution in [3.8, 4) is 0 Å². The van der Waals surface area contributed by atoms with E-state index >= 15 is 0 Å². The van der Waals surface area contributed by atoms with Gasteiger partial charge in [-0.2, -0.15) is 0 Å². The highest BCUT2D eigenvalue weighted by molar-refractivity contribution is 5.06. The van der Waals surface area contributed by atoms with E-state index in [2.05, 4.69) is 21.5 Å². The number of nitrogens with one attached hydrogen (secondary N) is 2. The molecule has 1 aromatic rings. The normalized spacial score (nSPS) is 19.8. The van der Waals surface area contributed by atoms with Gasteiger partial charge >= 0.3 is 0 Å². The van der Waals surface area contributed by atoms with E-state index < -0.39 is 0 Å². The maximum atomic E-state index is 4.09. The Hall–Kier alpha value is -0.830. The number of rotatable bonds is 1. The minimum Gasteiger partial charge on any atom is -0.345 e. The number of hydrogen-bond acceptors (Lipinski definition) is 2. The standard InChI is InChI=1S/C9H14N3/c1-7-11-6-9(12-7)8-2-4-10-5-3-8/h8,10H,2-5H2,1H3,(H,11,12). The van der Waals surface area contributed by atoms with Gasteiger partial charge in [-0.05, 0) is 32.9 Å². The van der Waals surface area contributed by atoms with Crippen LogP contribution in [0.15, 0.2) is 0 Å². The second kappa shape index (κ2) is 3.27. The molecule has 2 rings (SSSR count). The number of H-pyrrole nitrogens is 1. The number of aromatic amines is 1. The van der Waals surface area contributed by atoms with Crippen LogP contribution in [-0.2, 0) is 0 Å². The van der Waals surface area contributed by atoms with E-state index in [1.54, 1.807) is 0 Å². The van der Waals surface area contributed by atoms with Crippen LogP contribution in [0.5, 0.6) is 0 Å². The molecule has 1 fully saturated rings. The SMILES string of the molecule is Cc1n[c]c(C2CCNCC2)[nH]1. The molecular formula is C9H14N3. The lowest BCUT2D eigenvalue weighted by atomic mass is 9.95. The van der Waals surface area contributed by atoms with Crippen LogP contribution in [0, 0.1) is 13.1 Å². The molecule has 3 heteroatoms. The van der Waals surface area contributed by atoms with Crippen LogP contribution in [0.2, 0.25) is 0 Å². The molecule has 0 aromatic carbocycles. The Labute approximate surface area is 72.6 Å². The van der Waals surface area contributed by atoms with Gasteiger partial charge in [-0.3, -0.25) is 0 Å². The van der Waals surface area contributed by atoms with Crippen LogP contribution >= 0.6 is 0 Å². The van der Waals surface area contributed by atoms with Gasteiger partial charge in [0.25, 0.3) is 0 Å². The third kappa shape index (κ3) is 1.50. The molecule has 0 saturated carbocycles. The molecule has 0 aliphatic carbocycles. The Morgan fingerprint density at radius 3 is 2.75 bits per heavy atom. The summed E-state index contributed by atoms with van der Waals surface area (Å²) in [6, 6.07) is 0. The van der Waals surface area contributed by atoms with Gasteiger partial charge in [-0.1, -0.05) is 0 Å². The summed E-state index contributed by atoms with van der Waals surface area (Å²) in [5.41, 5.74) is 1.19. The van der Waals surface area contributed by atoms with Crippen LogP contribution in [0.4, 0.5) is 0 Å². The van der Waals surface area contributed by atoms with Gasteiger partial charge in [0.15, 0.2) is 0 Å². The first-order valence-electron chi connectivity index (χ1n) is 4.51. The van der Waals surface area contributed by atoms with Crippen molar-refractivity contribution in [2.75, 3.05) is 13.1 Å². The molecule has 1 aliphatic heterocycles. The predicted octanol–water partition coefficient (Wildman–Crippen LogP) is 0.985. The minimum atomic E-state index is 0.646. The van der Waals surface area contributed by atoms with Crippen molar-refractivity contribution in [3.63, 3.8) is 0 Å². The molecule has 0 amide bonds. The number of aryl methyl sites for hydroxylation is 1. The lowest BCUT2D eigenvalue weighted by Gasteiger charge is -2.20. The third-order valence-electron chi connectivity index (χ3n) is 2.41. The molecule has 2 heterocycles. The largest absolute Gasteiger partial charge is 0.345 e. The van der Waals surface area contributed by atoms with Crippen molar-refractivity contribution in [1.82, 2.24) is 15.3 Å². The topological polar surface area (TPSA) is 40.7 Å². The van der Waals surface area contributed by atoms with Gasteiger partial charge in [-0.25, -0.2) is 4.98 Å². The van der Waals surface area contributed by atoms with E-state index in [4.69, 9.17) is 0 Å². The molecule has 0 bridgehead atoms. The van der Waals surface area contributed by atoms with Crippen LogP contribution in [0.25, 0.3) is 0 Å². The zero-order valence-corrected chi connectivity index (χ0v) is 7.35. The first kappa shape index (κ1) is 7.80. The molecule has 0 unspecified atom stereocenters. The Morgan fingerprint density at radius 1 is 1.42 bits per heavy atom. The Balaban J connectivity index is 2.08. The fourth-order valence-electron chi connectivity index (χ4n) is 1.70. The minimum absolute atomic E-state index is 0.646. The second-order valence-electron chi connectivity index (χ2n) is 3.37. The average molecular weight is 164 g/mol. The fraction of sp³-hybridized carbons (Fsp3) is 0.667. The van der Waals surface area contributed by atoms with Crippen LogP contribution in [0.3, 0.4) is 0 Å². The molecule has 1 aliphatic rings. The van der Waals surface area contributed by atoms with Crippen molar-refractivity contribution < 1.29 is 0 Å². The molecule has 3 nitrogen and oxygen atoms in total. The number of aromatic nitrogens is 2. The van der Waals surface area contributed by atoms with E-state index in [0.717, 1.165) is 18.9 Å². The average Bonchev–Trinajstić information content (AvgIpc) is 2.54. The maximum Gasteiger partial charge on any atom is 0.112 e. The fourth-order valence-corrected chi connectivity index (χ4v) is 1.70. The van der Waals surface area contributed by atoms with E-state index in [1.807, 2.05) is 6.92 Å². The van der Waals surface area contributed by atoms with Gasteiger partial charge in [0, 0.05) is 11.6 Å². The second-order valence-corrected chi connectivity index (χ2v) is 3.37. The summed E-state index contributed by atoms with van der Waals surface area (Å²) in [5.74, 6) is 1.62. The summed E-state index contributed by atoms with van der Waals surface area (Å²) in [7, 11) is 0. The van der Waals surface area contributed by atoms with Crippen molar-refractivity contribution in [3.05, 3.63) is 17.7 Å². The highest BCUT2D eigenvalue weighted by Crippen LogP contribution is 2.22. The summed E-state index contributed by atoms with van der Waals surface area (Å²) < 4.78 is 0. The monoisotopic (exact) mass is 164 g/mol. The maximum absolute atomic E-state index is 4.09. The first-order chi connectivity index (χ1) is 5.86. The molecule has 1 aromatic heterocycles. The van der Waals surface area contributed by atoms with Crippen molar-refractivity contribution in [2.24, 2.45) is 0 Å². The highest BCUT2D eigenvalue weighted by atomic mass is 14.9. The molecule has 0 spiro atoms. The molecule has 12 heavy (non-hydrogen) atoms. The molecule has 65 valence electrons. The first-order valence-corrected chi connectivity index (χ1v) is 4.51. The summed E-state index contributed by atoms with van der Waals surface area (Å²) in [5, 5.41) is 3.34. The van der Waals surface area contributed by atoms with E-state index in [-0.39, 0.29) is 0 Å². The van der Waals surface area contributed by atoms with Crippen molar-refractivity contribution in [1.29, 1.82) is 0 Å². The zero-order chi connectivity index (χ0) is 8.39. The number of imidazole rings is 1. The summed E-state index contributed by atoms with van der Waals surface area (Å²) >= 11 is 0. The Kier molecular flexibility index (Phi) is 2.13. The molecule has 1 saturated heterocycles. The zero-order valence-electron chi connectivity index (χ0n) is 7.35. The third-order valence-corrected chi connectivity index (χ3v) is 2.41. The van der Waals surface area contributed by atoms with Crippen molar-refractivity contribution in [2.45, 2.75) is 25.7 Å². The predicted molar refractivity (Wildman–Crippen MR) is 47.0 cm³/mol. The van der Waals surface area contributed by atoms with Crippen molar-refractivity contribution >= 4 is 0 Å². The summed E-state index contributed by atoms with van der Waals surface area (Å²) in [6.45, 7) is 4.22. The van der Waals surface area contributed by atoms with Crippen LogP contribution in [0.1, 0.15) is 30.3 Å². The van der Waals surface area contributed by atoms with Gasteiger partial charge in [0.05, 0.1) is 0 Å². The van der Waals surface area contributed by atoms with Gasteiger partial charge in [0.2, 0.25) is 0 Å². The van der Waals surface area contributed by atoms with Gasteiger partial charge in [0.1, 0.15) is 12.0 Å². The number of nitrogens with zero attached hydrogens (tertiary/aromatic N) is 1. The smallest absolute Gasteiger partial charge is 0.112 e. The van der Waals surface area contributed by atoms with E-state index in [0.29, 0.717) is 5.92 Å². The molecule has 1 radical (unpaired) electrons. The molecule has 0 atom stereocenters. The van der Waals surface area contributed by atoms with Crippen LogP contribution < -0.4 is 5.32 Å². The lowest BCUT2D eigenvalue weighted by Crippen LogP contribution is -2.26. The van der Waals surface area contributed by atoms with Gasteiger partial charge in [-0.15, -0.1) is 0 Å². The quantitative estimate of drug-likeness (QED) is 0.649. The number of hydrogen-bond donors (Lipinski definition) is 2. The number of piperidine rings is 1. The van der Waals surface area contributed by atoms with E-state index in [9.17, 15) is 0 Å². The Bertz CT molecular complexity index is 248. The molecular weight excluding hydrogens is 150 g/mol. The Morgan fingerprint density at radius 2 is 2.17 bits per heavy atom. The van der Waals surface area contributed by atoms with E-state index in [1.165, 1.54) is 18.5 Å². The lowest BCUT2D eigenvalue weighted by molar-refractivity contribution is 0.454.